The first kappa shape index (κ1) is 18.1. The molecule has 0 radical (unpaired) electrons. The number of hydrogen-bond acceptors (Lipinski definition) is 2. The highest BCUT2D eigenvalue weighted by Gasteiger charge is 2.33. The van der Waals surface area contributed by atoms with Gasteiger partial charge in [0.05, 0.1) is 6.04 Å². The van der Waals surface area contributed by atoms with E-state index >= 15 is 0 Å². The van der Waals surface area contributed by atoms with Gasteiger partial charge in [0.15, 0.2) is 0 Å². The van der Waals surface area contributed by atoms with Gasteiger partial charge in [0.1, 0.15) is 12.4 Å². The van der Waals surface area contributed by atoms with E-state index in [9.17, 15) is 14.0 Å². The van der Waals surface area contributed by atoms with Gasteiger partial charge in [0.25, 0.3) is 0 Å². The van der Waals surface area contributed by atoms with Crippen LogP contribution in [0.25, 0.3) is 0 Å². The maximum absolute atomic E-state index is 13.4. The monoisotopic (exact) mass is 354 g/mol. The molecule has 1 N–H and O–H groups in total. The van der Waals surface area contributed by atoms with Crippen LogP contribution < -0.4 is 5.32 Å². The Bertz CT molecular complexity index is 817. The van der Waals surface area contributed by atoms with Gasteiger partial charge in [-0.1, -0.05) is 43.2 Å². The van der Waals surface area contributed by atoms with Crippen molar-refractivity contribution in [2.45, 2.75) is 39.2 Å². The Morgan fingerprint density at radius 1 is 1.23 bits per heavy atom. The molecular formula is C21H23FN2O2. The molecule has 4 nitrogen and oxygen atoms in total. The molecular weight excluding hydrogens is 331 g/mol. The van der Waals surface area contributed by atoms with Crippen molar-refractivity contribution in [3.8, 4) is 0 Å². The Morgan fingerprint density at radius 3 is 2.65 bits per heavy atom. The number of benzene rings is 2. The molecule has 1 aliphatic rings. The van der Waals surface area contributed by atoms with E-state index in [-0.39, 0.29) is 24.2 Å². The Labute approximate surface area is 153 Å². The number of amides is 2. The molecule has 3 rings (SSSR count). The van der Waals surface area contributed by atoms with Crippen molar-refractivity contribution < 1.29 is 14.0 Å². The zero-order chi connectivity index (χ0) is 18.7. The highest BCUT2D eigenvalue weighted by molar-refractivity contribution is 5.97. The maximum Gasteiger partial charge on any atom is 0.244 e. The van der Waals surface area contributed by atoms with Crippen molar-refractivity contribution in [1.82, 2.24) is 4.90 Å². The number of carbonyl (C=O) groups is 2. The number of unbranched alkanes of at least 4 members (excludes halogenated alkanes) is 1. The van der Waals surface area contributed by atoms with E-state index in [1.54, 1.807) is 17.0 Å². The largest absolute Gasteiger partial charge is 0.324 e. The van der Waals surface area contributed by atoms with Crippen LogP contribution in [0.2, 0.25) is 0 Å². The van der Waals surface area contributed by atoms with Crippen molar-refractivity contribution in [2.24, 2.45) is 0 Å². The second-order valence-electron chi connectivity index (χ2n) is 6.72. The van der Waals surface area contributed by atoms with Crippen LogP contribution in [0.15, 0.2) is 42.5 Å². The number of nitrogens with one attached hydrogen (secondary N) is 1. The van der Waals surface area contributed by atoms with Crippen LogP contribution in [0, 0.1) is 12.7 Å². The fourth-order valence-electron chi connectivity index (χ4n) is 3.33. The first-order valence-corrected chi connectivity index (χ1v) is 8.95. The van der Waals surface area contributed by atoms with E-state index in [0.29, 0.717) is 12.1 Å². The molecule has 0 saturated carbocycles. The predicted molar refractivity (Wildman–Crippen MR) is 99.3 cm³/mol. The summed E-state index contributed by atoms with van der Waals surface area (Å²) < 4.78 is 13.4. The first-order valence-electron chi connectivity index (χ1n) is 8.95. The Morgan fingerprint density at radius 2 is 1.96 bits per heavy atom. The minimum Gasteiger partial charge on any atom is -0.324 e. The second kappa shape index (κ2) is 7.68. The van der Waals surface area contributed by atoms with E-state index in [0.717, 1.165) is 29.5 Å². The number of rotatable bonds is 4. The predicted octanol–water partition coefficient (Wildman–Crippen LogP) is 4.19. The fourth-order valence-corrected chi connectivity index (χ4v) is 3.33. The second-order valence-corrected chi connectivity index (χ2v) is 6.72. The van der Waals surface area contributed by atoms with Crippen LogP contribution in [0.4, 0.5) is 10.1 Å². The molecule has 0 aromatic heterocycles. The van der Waals surface area contributed by atoms with Crippen LogP contribution in [-0.2, 0) is 9.59 Å². The molecule has 1 heterocycles. The lowest BCUT2D eigenvalue weighted by molar-refractivity contribution is -0.136. The number of fused-ring (bicyclic) bond motifs is 1. The fraction of sp³-hybridized carbons (Fsp3) is 0.333. The molecule has 0 unspecified atom stereocenters. The molecule has 2 aromatic rings. The number of carbonyl (C=O) groups excluding carboxylic acids is 2. The summed E-state index contributed by atoms with van der Waals surface area (Å²) >= 11 is 0. The van der Waals surface area contributed by atoms with Gasteiger partial charge in [-0.3, -0.25) is 9.59 Å². The normalized spacial score (nSPS) is 16.7. The van der Waals surface area contributed by atoms with E-state index < -0.39 is 6.04 Å². The van der Waals surface area contributed by atoms with Gasteiger partial charge >= 0.3 is 0 Å². The van der Waals surface area contributed by atoms with Crippen molar-refractivity contribution in [1.29, 1.82) is 0 Å². The molecule has 5 heteroatoms. The Balaban J connectivity index is 2.12. The minimum absolute atomic E-state index is 0.0156. The van der Waals surface area contributed by atoms with Gasteiger partial charge in [-0.2, -0.15) is 0 Å². The summed E-state index contributed by atoms with van der Waals surface area (Å²) in [6.07, 6.45) is 2.07. The number of aryl methyl sites for hydroxylation is 1. The molecule has 0 saturated heterocycles. The summed E-state index contributed by atoms with van der Waals surface area (Å²) in [4.78, 5) is 26.9. The van der Waals surface area contributed by atoms with Crippen LogP contribution in [0.5, 0.6) is 0 Å². The molecule has 0 aliphatic carbocycles. The molecule has 0 bridgehead atoms. The SMILES string of the molecule is CCCCC(=O)N1CC(=O)Nc2ccc(C)cc2[C@H]1c1ccc(F)cc1. The lowest BCUT2D eigenvalue weighted by atomic mass is 9.94. The van der Waals surface area contributed by atoms with Crippen LogP contribution in [-0.4, -0.2) is 23.3 Å². The van der Waals surface area contributed by atoms with Crippen LogP contribution in [0.3, 0.4) is 0 Å². The van der Waals surface area contributed by atoms with Crippen molar-refractivity contribution in [3.05, 3.63) is 65.0 Å². The number of anilines is 1. The zero-order valence-corrected chi connectivity index (χ0v) is 15.1. The highest BCUT2D eigenvalue weighted by atomic mass is 19.1. The van der Waals surface area contributed by atoms with Crippen molar-refractivity contribution >= 4 is 17.5 Å². The van der Waals surface area contributed by atoms with Gasteiger partial charge in [-0.25, -0.2) is 4.39 Å². The average Bonchev–Trinajstić information content (AvgIpc) is 2.76. The summed E-state index contributed by atoms with van der Waals surface area (Å²) in [6, 6.07) is 11.5. The van der Waals surface area contributed by atoms with Gasteiger partial charge in [-0.05, 0) is 37.1 Å². The lowest BCUT2D eigenvalue weighted by Crippen LogP contribution is -2.38. The zero-order valence-electron chi connectivity index (χ0n) is 15.1. The van der Waals surface area contributed by atoms with Gasteiger partial charge in [-0.15, -0.1) is 0 Å². The Hall–Kier alpha value is -2.69. The van der Waals surface area contributed by atoms with Crippen molar-refractivity contribution in [3.63, 3.8) is 0 Å². The first-order chi connectivity index (χ1) is 12.5. The molecule has 26 heavy (non-hydrogen) atoms. The van der Waals surface area contributed by atoms with Gasteiger partial charge in [0.2, 0.25) is 11.8 Å². The minimum atomic E-state index is -0.422. The summed E-state index contributed by atoms with van der Waals surface area (Å²) in [6.45, 7) is 3.98. The summed E-state index contributed by atoms with van der Waals surface area (Å²) in [7, 11) is 0. The molecule has 136 valence electrons. The number of nitrogens with zero attached hydrogens (tertiary/aromatic N) is 1. The molecule has 0 spiro atoms. The van der Waals surface area contributed by atoms with Crippen molar-refractivity contribution in [2.75, 3.05) is 11.9 Å². The quantitative estimate of drug-likeness (QED) is 0.895. The molecule has 0 fully saturated rings. The van der Waals surface area contributed by atoms with Gasteiger partial charge < -0.3 is 10.2 Å². The van der Waals surface area contributed by atoms with Gasteiger partial charge in [0, 0.05) is 17.7 Å². The highest BCUT2D eigenvalue weighted by Crippen LogP contribution is 2.36. The van der Waals surface area contributed by atoms with E-state index in [4.69, 9.17) is 0 Å². The third kappa shape index (κ3) is 3.77. The third-order valence-corrected chi connectivity index (χ3v) is 4.65. The lowest BCUT2D eigenvalue weighted by Gasteiger charge is -2.31. The van der Waals surface area contributed by atoms with E-state index in [2.05, 4.69) is 5.32 Å². The topological polar surface area (TPSA) is 49.4 Å². The summed E-state index contributed by atoms with van der Waals surface area (Å²) in [5, 5.41) is 2.89. The average molecular weight is 354 g/mol. The molecule has 1 aliphatic heterocycles. The third-order valence-electron chi connectivity index (χ3n) is 4.65. The summed E-state index contributed by atoms with van der Waals surface area (Å²) in [5.41, 5.74) is 3.38. The van der Waals surface area contributed by atoms with E-state index in [1.165, 1.54) is 12.1 Å². The summed E-state index contributed by atoms with van der Waals surface area (Å²) in [5.74, 6) is -0.611. The maximum atomic E-state index is 13.4. The van der Waals surface area contributed by atoms with Crippen LogP contribution in [0.1, 0.15) is 48.9 Å². The smallest absolute Gasteiger partial charge is 0.244 e. The molecule has 2 amide bonds. The molecule has 1 atom stereocenters. The standard InChI is InChI=1S/C21H23FN2O2/c1-3-4-5-20(26)24-13-19(25)23-18-11-6-14(2)12-17(18)21(24)15-7-9-16(22)10-8-15/h6-12,21H,3-5,13H2,1-2H3,(H,23,25)/t21-/m1/s1. The number of hydrogen-bond donors (Lipinski definition) is 1. The molecule has 2 aromatic carbocycles. The Kier molecular flexibility index (Phi) is 5.35. The number of halogens is 1. The van der Waals surface area contributed by atoms with Crippen LogP contribution >= 0.6 is 0 Å². The van der Waals surface area contributed by atoms with E-state index in [1.807, 2.05) is 32.0 Å².